The van der Waals surface area contributed by atoms with Crippen LogP contribution in [0.25, 0.3) is 11.1 Å². The molecular formula is C14H9Cl3O2. The summed E-state index contributed by atoms with van der Waals surface area (Å²) in [7, 11) is 0. The third-order valence-corrected chi connectivity index (χ3v) is 3.76. The zero-order valence-electron chi connectivity index (χ0n) is 9.70. The third kappa shape index (κ3) is 3.03. The van der Waals surface area contributed by atoms with Crippen molar-refractivity contribution in [2.75, 3.05) is 0 Å². The number of halogens is 3. The SMILES string of the molecule is O=COCc1c(Cl)ccc(-c2ccccc2Cl)c1Cl. The second-order valence-electron chi connectivity index (χ2n) is 3.77. The summed E-state index contributed by atoms with van der Waals surface area (Å²) in [6, 6.07) is 10.8. The molecule has 0 heterocycles. The van der Waals surface area contributed by atoms with Crippen LogP contribution in [0.15, 0.2) is 36.4 Å². The first-order valence-corrected chi connectivity index (χ1v) is 6.55. The number of ether oxygens (including phenoxy) is 1. The molecule has 98 valence electrons. The molecule has 0 saturated heterocycles. The molecule has 0 saturated carbocycles. The lowest BCUT2D eigenvalue weighted by Crippen LogP contribution is -1.95. The number of benzene rings is 2. The number of rotatable bonds is 4. The van der Waals surface area contributed by atoms with E-state index in [4.69, 9.17) is 39.5 Å². The van der Waals surface area contributed by atoms with Gasteiger partial charge in [-0.25, -0.2) is 0 Å². The zero-order valence-corrected chi connectivity index (χ0v) is 12.0. The molecule has 2 aromatic carbocycles. The van der Waals surface area contributed by atoms with Gasteiger partial charge in [-0.2, -0.15) is 0 Å². The first-order chi connectivity index (χ1) is 9.15. The van der Waals surface area contributed by atoms with Crippen molar-refractivity contribution < 1.29 is 9.53 Å². The van der Waals surface area contributed by atoms with Crippen LogP contribution in [0.3, 0.4) is 0 Å². The lowest BCUT2D eigenvalue weighted by Gasteiger charge is -2.12. The van der Waals surface area contributed by atoms with E-state index in [0.29, 0.717) is 27.1 Å². The van der Waals surface area contributed by atoms with Gasteiger partial charge in [-0.1, -0.05) is 59.1 Å². The van der Waals surface area contributed by atoms with Gasteiger partial charge in [0.05, 0.1) is 5.02 Å². The fourth-order valence-corrected chi connectivity index (χ4v) is 2.55. The standard InChI is InChI=1S/C14H9Cl3O2/c15-12-4-2-1-3-9(12)10-5-6-13(16)11(14(10)17)7-19-8-18/h1-6,8H,7H2. The van der Waals surface area contributed by atoms with Crippen molar-refractivity contribution in [1.29, 1.82) is 0 Å². The number of hydrogen-bond acceptors (Lipinski definition) is 2. The van der Waals surface area contributed by atoms with Gasteiger partial charge in [-0.15, -0.1) is 0 Å². The van der Waals surface area contributed by atoms with E-state index < -0.39 is 0 Å². The summed E-state index contributed by atoms with van der Waals surface area (Å²) in [6.07, 6.45) is 0. The maximum Gasteiger partial charge on any atom is 0.293 e. The van der Waals surface area contributed by atoms with E-state index in [-0.39, 0.29) is 6.61 Å². The molecule has 19 heavy (non-hydrogen) atoms. The van der Waals surface area contributed by atoms with E-state index >= 15 is 0 Å². The molecule has 0 unspecified atom stereocenters. The molecular weight excluding hydrogens is 307 g/mol. The number of carbonyl (C=O) groups excluding carboxylic acids is 1. The molecule has 0 bridgehead atoms. The highest BCUT2D eigenvalue weighted by atomic mass is 35.5. The van der Waals surface area contributed by atoms with Crippen LogP contribution in [0.1, 0.15) is 5.56 Å². The van der Waals surface area contributed by atoms with Gasteiger partial charge in [0, 0.05) is 26.7 Å². The van der Waals surface area contributed by atoms with Gasteiger partial charge >= 0.3 is 0 Å². The molecule has 0 aromatic heterocycles. The predicted molar refractivity (Wildman–Crippen MR) is 77.8 cm³/mol. The average molecular weight is 316 g/mol. The van der Waals surface area contributed by atoms with Crippen molar-refractivity contribution in [1.82, 2.24) is 0 Å². The second-order valence-corrected chi connectivity index (χ2v) is 4.97. The summed E-state index contributed by atoms with van der Waals surface area (Å²) in [6.45, 7) is 0.383. The third-order valence-electron chi connectivity index (χ3n) is 2.65. The zero-order chi connectivity index (χ0) is 13.8. The quantitative estimate of drug-likeness (QED) is 0.743. The molecule has 2 nitrogen and oxygen atoms in total. The molecule has 2 rings (SSSR count). The molecule has 0 N–H and O–H groups in total. The Labute approximate surface area is 125 Å². The van der Waals surface area contributed by atoms with E-state index in [1.165, 1.54) is 0 Å². The molecule has 2 aromatic rings. The second kappa shape index (κ2) is 6.29. The minimum absolute atomic E-state index is 0.0272. The average Bonchev–Trinajstić information content (AvgIpc) is 2.40. The Morgan fingerprint density at radius 2 is 1.68 bits per heavy atom. The van der Waals surface area contributed by atoms with Crippen LogP contribution in [-0.4, -0.2) is 6.47 Å². The van der Waals surface area contributed by atoms with Crippen LogP contribution < -0.4 is 0 Å². The van der Waals surface area contributed by atoms with E-state index in [1.807, 2.05) is 18.2 Å². The summed E-state index contributed by atoms with van der Waals surface area (Å²) in [5, 5.41) is 1.47. The highest BCUT2D eigenvalue weighted by Gasteiger charge is 2.14. The van der Waals surface area contributed by atoms with Crippen LogP contribution in [0.5, 0.6) is 0 Å². The highest BCUT2D eigenvalue weighted by Crippen LogP contribution is 2.37. The summed E-state index contributed by atoms with van der Waals surface area (Å²) >= 11 is 18.5. The Morgan fingerprint density at radius 3 is 2.37 bits per heavy atom. The maximum absolute atomic E-state index is 10.3. The summed E-state index contributed by atoms with van der Waals surface area (Å²) in [5.74, 6) is 0. The Morgan fingerprint density at radius 1 is 0.947 bits per heavy atom. The molecule has 0 aliphatic rings. The van der Waals surface area contributed by atoms with Gasteiger partial charge in [0.15, 0.2) is 0 Å². The van der Waals surface area contributed by atoms with Crippen molar-refractivity contribution >= 4 is 41.3 Å². The van der Waals surface area contributed by atoms with Gasteiger partial charge in [-0.3, -0.25) is 4.79 Å². The lowest BCUT2D eigenvalue weighted by molar-refractivity contribution is -0.129. The summed E-state index contributed by atoms with van der Waals surface area (Å²) in [4.78, 5) is 10.3. The Kier molecular flexibility index (Phi) is 4.70. The van der Waals surface area contributed by atoms with Crippen molar-refractivity contribution in [2.24, 2.45) is 0 Å². The topological polar surface area (TPSA) is 26.3 Å². The van der Waals surface area contributed by atoms with Gasteiger partial charge in [0.25, 0.3) is 6.47 Å². The normalized spacial score (nSPS) is 10.3. The summed E-state index contributed by atoms with van der Waals surface area (Å²) < 4.78 is 4.72. The van der Waals surface area contributed by atoms with Crippen molar-refractivity contribution in [3.63, 3.8) is 0 Å². The Bertz CT molecular complexity index is 612. The van der Waals surface area contributed by atoms with Crippen molar-refractivity contribution in [3.8, 4) is 11.1 Å². The van der Waals surface area contributed by atoms with Crippen LogP contribution in [-0.2, 0) is 16.1 Å². The molecule has 0 aliphatic heterocycles. The Balaban J connectivity index is 2.54. The van der Waals surface area contributed by atoms with E-state index in [2.05, 4.69) is 0 Å². The van der Waals surface area contributed by atoms with Gasteiger partial charge < -0.3 is 4.74 Å². The first-order valence-electron chi connectivity index (χ1n) is 5.42. The van der Waals surface area contributed by atoms with E-state index in [0.717, 1.165) is 11.1 Å². The fourth-order valence-electron chi connectivity index (χ4n) is 1.73. The van der Waals surface area contributed by atoms with Gasteiger partial charge in [0.2, 0.25) is 0 Å². The number of carbonyl (C=O) groups is 1. The molecule has 0 atom stereocenters. The van der Waals surface area contributed by atoms with Gasteiger partial charge in [0.1, 0.15) is 6.61 Å². The smallest absolute Gasteiger partial charge is 0.293 e. The van der Waals surface area contributed by atoms with Crippen molar-refractivity contribution in [3.05, 3.63) is 57.0 Å². The molecule has 0 radical (unpaired) electrons. The van der Waals surface area contributed by atoms with Crippen LogP contribution in [0.4, 0.5) is 0 Å². The Hall–Kier alpha value is -1.22. The minimum atomic E-state index is 0.0272. The first kappa shape index (κ1) is 14.2. The largest absolute Gasteiger partial charge is 0.463 e. The molecule has 0 aliphatic carbocycles. The fraction of sp³-hybridized carbons (Fsp3) is 0.0714. The highest BCUT2D eigenvalue weighted by molar-refractivity contribution is 6.39. The maximum atomic E-state index is 10.3. The minimum Gasteiger partial charge on any atom is -0.463 e. The summed E-state index contributed by atoms with van der Waals surface area (Å²) in [5.41, 5.74) is 2.12. The lowest BCUT2D eigenvalue weighted by atomic mass is 10.0. The van der Waals surface area contributed by atoms with Crippen LogP contribution >= 0.6 is 34.8 Å². The predicted octanol–water partition coefficient (Wildman–Crippen LogP) is 4.99. The van der Waals surface area contributed by atoms with Crippen molar-refractivity contribution in [2.45, 2.75) is 6.61 Å². The van der Waals surface area contributed by atoms with Crippen LogP contribution in [0.2, 0.25) is 15.1 Å². The molecule has 0 amide bonds. The molecule has 0 spiro atoms. The van der Waals surface area contributed by atoms with Gasteiger partial charge in [-0.05, 0) is 12.1 Å². The molecule has 5 heteroatoms. The number of hydrogen-bond donors (Lipinski definition) is 0. The monoisotopic (exact) mass is 314 g/mol. The van der Waals surface area contributed by atoms with E-state index in [9.17, 15) is 4.79 Å². The van der Waals surface area contributed by atoms with Crippen LogP contribution in [0, 0.1) is 0 Å². The van der Waals surface area contributed by atoms with E-state index in [1.54, 1.807) is 18.2 Å². The molecule has 0 fully saturated rings.